The summed E-state index contributed by atoms with van der Waals surface area (Å²) in [6.07, 6.45) is 0.606. The monoisotopic (exact) mass is 290 g/mol. The van der Waals surface area contributed by atoms with Crippen LogP contribution in [0.5, 0.6) is 0 Å². The summed E-state index contributed by atoms with van der Waals surface area (Å²) in [5, 5.41) is 0. The summed E-state index contributed by atoms with van der Waals surface area (Å²) in [4.78, 5) is 13.4. The average Bonchev–Trinajstić information content (AvgIpc) is 2.50. The van der Waals surface area contributed by atoms with Gasteiger partial charge < -0.3 is 10.6 Å². The lowest BCUT2D eigenvalue weighted by atomic mass is 10.1. The van der Waals surface area contributed by atoms with Gasteiger partial charge in [0, 0.05) is 13.6 Å². The van der Waals surface area contributed by atoms with Gasteiger partial charge in [-0.15, -0.1) is 0 Å². The number of nitrogens with zero attached hydrogens (tertiary/aromatic N) is 1. The smallest absolute Gasteiger partial charge is 0.259 e. The molecule has 21 heavy (non-hydrogen) atoms. The third-order valence-corrected chi connectivity index (χ3v) is 3.26. The van der Waals surface area contributed by atoms with Crippen LogP contribution in [0.3, 0.4) is 0 Å². The van der Waals surface area contributed by atoms with Crippen LogP contribution in [0.25, 0.3) is 0 Å². The molecule has 0 fully saturated rings. The van der Waals surface area contributed by atoms with Crippen LogP contribution in [0.4, 0.5) is 14.5 Å². The zero-order chi connectivity index (χ0) is 15.4. The first-order valence-electron chi connectivity index (χ1n) is 6.53. The van der Waals surface area contributed by atoms with Gasteiger partial charge in [0.25, 0.3) is 5.91 Å². The summed E-state index contributed by atoms with van der Waals surface area (Å²) >= 11 is 0. The maximum Gasteiger partial charge on any atom is 0.259 e. The van der Waals surface area contributed by atoms with Crippen LogP contribution in [-0.2, 0) is 6.42 Å². The quantitative estimate of drug-likeness (QED) is 0.880. The standard InChI is InChI=1S/C16H16F2N2O/c1-20(10-9-11-5-3-2-4-6-11)16(21)14-12(17)7-8-13(19)15(14)18/h2-8H,9-10,19H2,1H3. The number of likely N-dealkylation sites (N-methyl/N-ethyl adjacent to an activating group) is 1. The fraction of sp³-hybridized carbons (Fsp3) is 0.188. The van der Waals surface area contributed by atoms with E-state index in [1.165, 1.54) is 11.9 Å². The Bertz CT molecular complexity index is 644. The molecule has 0 aliphatic carbocycles. The largest absolute Gasteiger partial charge is 0.396 e. The van der Waals surface area contributed by atoms with E-state index in [-0.39, 0.29) is 5.69 Å². The van der Waals surface area contributed by atoms with Crippen LogP contribution in [0.1, 0.15) is 15.9 Å². The molecule has 2 aromatic carbocycles. The molecule has 2 rings (SSSR count). The Morgan fingerprint density at radius 1 is 1.14 bits per heavy atom. The van der Waals surface area contributed by atoms with Gasteiger partial charge in [0.05, 0.1) is 5.69 Å². The van der Waals surface area contributed by atoms with Crippen molar-refractivity contribution in [1.29, 1.82) is 0 Å². The highest BCUT2D eigenvalue weighted by Gasteiger charge is 2.22. The molecule has 0 spiro atoms. The van der Waals surface area contributed by atoms with Crippen molar-refractivity contribution in [2.24, 2.45) is 0 Å². The van der Waals surface area contributed by atoms with E-state index in [2.05, 4.69) is 0 Å². The molecule has 110 valence electrons. The van der Waals surface area contributed by atoms with E-state index in [0.717, 1.165) is 17.7 Å². The Balaban J connectivity index is 2.11. The van der Waals surface area contributed by atoms with Gasteiger partial charge in [-0.25, -0.2) is 8.78 Å². The predicted octanol–water partition coefficient (Wildman–Crippen LogP) is 2.86. The van der Waals surface area contributed by atoms with Crippen LogP contribution in [0, 0.1) is 11.6 Å². The fourth-order valence-electron chi connectivity index (χ4n) is 2.00. The van der Waals surface area contributed by atoms with E-state index < -0.39 is 23.1 Å². The molecule has 0 bridgehead atoms. The van der Waals surface area contributed by atoms with Gasteiger partial charge in [-0.1, -0.05) is 30.3 Å². The molecule has 0 heterocycles. The molecule has 0 saturated heterocycles. The summed E-state index contributed by atoms with van der Waals surface area (Å²) < 4.78 is 27.5. The number of benzene rings is 2. The Kier molecular flexibility index (Phi) is 4.52. The first-order valence-corrected chi connectivity index (χ1v) is 6.53. The van der Waals surface area contributed by atoms with Gasteiger partial charge in [0.2, 0.25) is 0 Å². The molecule has 0 aromatic heterocycles. The third-order valence-electron chi connectivity index (χ3n) is 3.26. The van der Waals surface area contributed by atoms with E-state index in [1.807, 2.05) is 30.3 Å². The van der Waals surface area contributed by atoms with Crippen LogP contribution >= 0.6 is 0 Å². The van der Waals surface area contributed by atoms with Crippen molar-refractivity contribution in [2.45, 2.75) is 6.42 Å². The molecule has 0 radical (unpaired) electrons. The van der Waals surface area contributed by atoms with Crippen molar-refractivity contribution in [3.05, 3.63) is 65.2 Å². The molecule has 5 heteroatoms. The molecule has 0 unspecified atom stereocenters. The number of hydrogen-bond donors (Lipinski definition) is 1. The normalized spacial score (nSPS) is 10.4. The number of nitrogen functional groups attached to an aromatic ring is 1. The number of hydrogen-bond acceptors (Lipinski definition) is 2. The lowest BCUT2D eigenvalue weighted by Crippen LogP contribution is -2.30. The Labute approximate surface area is 122 Å². The topological polar surface area (TPSA) is 46.3 Å². The molecule has 2 aromatic rings. The minimum absolute atomic E-state index is 0.240. The summed E-state index contributed by atoms with van der Waals surface area (Å²) in [6.45, 7) is 0.358. The zero-order valence-electron chi connectivity index (χ0n) is 11.6. The minimum Gasteiger partial charge on any atom is -0.396 e. The highest BCUT2D eigenvalue weighted by molar-refractivity contribution is 5.95. The second kappa shape index (κ2) is 6.35. The zero-order valence-corrected chi connectivity index (χ0v) is 11.6. The lowest BCUT2D eigenvalue weighted by molar-refractivity contribution is 0.0787. The first-order chi connectivity index (χ1) is 10.0. The highest BCUT2D eigenvalue weighted by atomic mass is 19.1. The molecular weight excluding hydrogens is 274 g/mol. The van der Waals surface area contributed by atoms with Crippen molar-refractivity contribution in [3.8, 4) is 0 Å². The van der Waals surface area contributed by atoms with Gasteiger partial charge in [0.1, 0.15) is 11.4 Å². The van der Waals surface area contributed by atoms with Crippen molar-refractivity contribution in [1.82, 2.24) is 4.90 Å². The molecule has 3 nitrogen and oxygen atoms in total. The SMILES string of the molecule is CN(CCc1ccccc1)C(=O)c1c(F)ccc(N)c1F. The van der Waals surface area contributed by atoms with E-state index in [0.29, 0.717) is 13.0 Å². The Morgan fingerprint density at radius 2 is 1.81 bits per heavy atom. The molecule has 0 aliphatic rings. The maximum absolute atomic E-state index is 13.8. The number of carbonyl (C=O) groups excluding carboxylic acids is 1. The number of amides is 1. The van der Waals surface area contributed by atoms with Crippen molar-refractivity contribution < 1.29 is 13.6 Å². The second-order valence-electron chi connectivity index (χ2n) is 4.79. The number of halogens is 2. The molecule has 2 N–H and O–H groups in total. The number of anilines is 1. The molecular formula is C16H16F2N2O. The molecule has 0 atom stereocenters. The summed E-state index contributed by atoms with van der Waals surface area (Å²) in [6, 6.07) is 11.7. The molecule has 1 amide bonds. The minimum atomic E-state index is -1.01. The maximum atomic E-state index is 13.8. The van der Waals surface area contributed by atoms with Crippen molar-refractivity contribution >= 4 is 11.6 Å². The third kappa shape index (κ3) is 3.37. The number of rotatable bonds is 4. The summed E-state index contributed by atoms with van der Waals surface area (Å²) in [5.74, 6) is -2.63. The van der Waals surface area contributed by atoms with Crippen LogP contribution in [-0.4, -0.2) is 24.4 Å². The highest BCUT2D eigenvalue weighted by Crippen LogP contribution is 2.20. The number of nitrogens with two attached hydrogens (primary N) is 1. The fourth-order valence-corrected chi connectivity index (χ4v) is 2.00. The molecule has 0 saturated carbocycles. The van der Waals surface area contributed by atoms with Gasteiger partial charge in [0.15, 0.2) is 5.82 Å². The van der Waals surface area contributed by atoms with Crippen LogP contribution in [0.2, 0.25) is 0 Å². The Hall–Kier alpha value is -2.43. The summed E-state index contributed by atoms with van der Waals surface area (Å²) in [7, 11) is 1.51. The molecule has 0 aliphatic heterocycles. The van der Waals surface area contributed by atoms with E-state index >= 15 is 0 Å². The van der Waals surface area contributed by atoms with Gasteiger partial charge in [-0.05, 0) is 24.1 Å². The average molecular weight is 290 g/mol. The first kappa shape index (κ1) is 15.0. The number of carbonyl (C=O) groups is 1. The van der Waals surface area contributed by atoms with Gasteiger partial charge in [-0.2, -0.15) is 0 Å². The second-order valence-corrected chi connectivity index (χ2v) is 4.79. The van der Waals surface area contributed by atoms with Crippen LogP contribution < -0.4 is 5.73 Å². The van der Waals surface area contributed by atoms with Crippen LogP contribution in [0.15, 0.2) is 42.5 Å². The van der Waals surface area contributed by atoms with E-state index in [4.69, 9.17) is 5.73 Å². The van der Waals surface area contributed by atoms with Crippen molar-refractivity contribution in [2.75, 3.05) is 19.3 Å². The van der Waals surface area contributed by atoms with Gasteiger partial charge >= 0.3 is 0 Å². The van der Waals surface area contributed by atoms with Crippen molar-refractivity contribution in [3.63, 3.8) is 0 Å². The lowest BCUT2D eigenvalue weighted by Gasteiger charge is -2.18. The van der Waals surface area contributed by atoms with Gasteiger partial charge in [-0.3, -0.25) is 4.79 Å². The summed E-state index contributed by atoms with van der Waals surface area (Å²) in [5.41, 5.74) is 5.58. The van der Waals surface area contributed by atoms with E-state index in [1.54, 1.807) is 0 Å². The van der Waals surface area contributed by atoms with E-state index in [9.17, 15) is 13.6 Å². The Morgan fingerprint density at radius 3 is 2.48 bits per heavy atom. The predicted molar refractivity (Wildman–Crippen MR) is 77.9 cm³/mol.